The fourth-order valence-electron chi connectivity index (χ4n) is 0.954. The van der Waals surface area contributed by atoms with Crippen molar-refractivity contribution in [2.45, 2.75) is 6.54 Å². The number of hydrogen-bond acceptors (Lipinski definition) is 5. The summed E-state index contributed by atoms with van der Waals surface area (Å²) in [5, 5.41) is 16.0. The summed E-state index contributed by atoms with van der Waals surface area (Å²) in [4.78, 5) is 0.829. The number of fused-ring (bicyclic) bond motifs is 1. The van der Waals surface area contributed by atoms with Crippen molar-refractivity contribution in [3.05, 3.63) is 24.0 Å². The van der Waals surface area contributed by atoms with Crippen molar-refractivity contribution in [2.75, 3.05) is 6.54 Å². The summed E-state index contributed by atoms with van der Waals surface area (Å²) in [6.07, 6.45) is 3.42. The van der Waals surface area contributed by atoms with E-state index in [0.717, 1.165) is 23.1 Å². The molecule has 0 aliphatic rings. The zero-order valence-electron chi connectivity index (χ0n) is 6.97. The molecule has 0 aliphatic carbocycles. The van der Waals surface area contributed by atoms with Gasteiger partial charge in [-0.05, 0) is 0 Å². The molecule has 0 aliphatic heterocycles. The van der Waals surface area contributed by atoms with Crippen molar-refractivity contribution >= 4 is 16.3 Å². The Morgan fingerprint density at radius 2 is 2.62 bits per heavy atom. The Bertz CT molecular complexity index is 375. The molecule has 68 valence electrons. The molecule has 2 rings (SSSR count). The maximum Gasteiger partial charge on any atom is 0.234 e. The summed E-state index contributed by atoms with van der Waals surface area (Å²) in [7, 11) is 0. The minimum Gasteiger partial charge on any atom is -0.307 e. The molecule has 0 fully saturated rings. The summed E-state index contributed by atoms with van der Waals surface area (Å²) in [6.45, 7) is 5.16. The minimum atomic E-state index is 0.750. The van der Waals surface area contributed by atoms with Crippen LogP contribution >= 0.6 is 11.3 Å². The van der Waals surface area contributed by atoms with E-state index in [9.17, 15) is 0 Å². The molecule has 0 amide bonds. The van der Waals surface area contributed by atoms with Crippen LogP contribution in [0, 0.1) is 0 Å². The van der Waals surface area contributed by atoms with Gasteiger partial charge < -0.3 is 5.32 Å². The van der Waals surface area contributed by atoms with E-state index < -0.39 is 0 Å². The first kappa shape index (κ1) is 8.33. The highest BCUT2D eigenvalue weighted by atomic mass is 32.1. The van der Waals surface area contributed by atoms with Crippen LogP contribution in [0.25, 0.3) is 4.96 Å². The van der Waals surface area contributed by atoms with E-state index in [1.165, 1.54) is 11.3 Å². The average molecular weight is 195 g/mol. The fraction of sp³-hybridized carbons (Fsp3) is 0.286. The molecule has 5 nitrogen and oxygen atoms in total. The van der Waals surface area contributed by atoms with Gasteiger partial charge in [0.05, 0.1) is 0 Å². The monoisotopic (exact) mass is 195 g/mol. The number of nitrogens with one attached hydrogen (secondary N) is 1. The van der Waals surface area contributed by atoms with Gasteiger partial charge in [-0.1, -0.05) is 17.4 Å². The molecule has 13 heavy (non-hydrogen) atoms. The highest BCUT2D eigenvalue weighted by Crippen LogP contribution is 2.10. The van der Waals surface area contributed by atoms with E-state index in [1.807, 2.05) is 6.08 Å². The average Bonchev–Trinajstić information content (AvgIpc) is 2.64. The SMILES string of the molecule is C=CCNCc1nn2cnnc2s1. The van der Waals surface area contributed by atoms with Crippen LogP contribution in [-0.4, -0.2) is 26.4 Å². The van der Waals surface area contributed by atoms with Gasteiger partial charge in [0, 0.05) is 13.1 Å². The van der Waals surface area contributed by atoms with Gasteiger partial charge in [-0.15, -0.1) is 16.8 Å². The molecule has 0 radical (unpaired) electrons. The Morgan fingerprint density at radius 3 is 3.38 bits per heavy atom. The van der Waals surface area contributed by atoms with Gasteiger partial charge in [0.1, 0.15) is 11.3 Å². The van der Waals surface area contributed by atoms with Crippen molar-refractivity contribution in [3.8, 4) is 0 Å². The molecule has 0 saturated carbocycles. The van der Waals surface area contributed by atoms with E-state index in [4.69, 9.17) is 0 Å². The van der Waals surface area contributed by atoms with E-state index in [1.54, 1.807) is 10.8 Å². The molecule has 6 heteroatoms. The Morgan fingerprint density at radius 1 is 1.69 bits per heavy atom. The van der Waals surface area contributed by atoms with Crippen LogP contribution in [0.1, 0.15) is 5.01 Å². The molecule has 2 aromatic heterocycles. The molecule has 0 unspecified atom stereocenters. The van der Waals surface area contributed by atoms with Gasteiger partial charge in [-0.25, -0.2) is 0 Å². The van der Waals surface area contributed by atoms with E-state index in [-0.39, 0.29) is 0 Å². The Kier molecular flexibility index (Phi) is 2.33. The lowest BCUT2D eigenvalue weighted by Gasteiger charge is -1.94. The standard InChI is InChI=1S/C7H9N5S/c1-2-3-8-4-6-11-12-5-9-10-7(12)13-6/h2,5,8H,1,3-4H2. The van der Waals surface area contributed by atoms with Gasteiger partial charge in [0.25, 0.3) is 0 Å². The van der Waals surface area contributed by atoms with Gasteiger partial charge in [0.15, 0.2) is 0 Å². The molecule has 0 saturated heterocycles. The Balaban J connectivity index is 2.07. The maximum atomic E-state index is 4.26. The zero-order chi connectivity index (χ0) is 9.10. The van der Waals surface area contributed by atoms with Crippen LogP contribution in [0.5, 0.6) is 0 Å². The van der Waals surface area contributed by atoms with Crippen LogP contribution in [0.15, 0.2) is 19.0 Å². The normalized spacial score (nSPS) is 10.8. The second-order valence-electron chi connectivity index (χ2n) is 2.47. The van der Waals surface area contributed by atoms with Gasteiger partial charge in [-0.3, -0.25) is 0 Å². The lowest BCUT2D eigenvalue weighted by molar-refractivity contribution is 0.736. The summed E-state index contributed by atoms with van der Waals surface area (Å²) in [6, 6.07) is 0. The number of hydrogen-bond donors (Lipinski definition) is 1. The molecule has 1 N–H and O–H groups in total. The first-order chi connectivity index (χ1) is 6.40. The van der Waals surface area contributed by atoms with Crippen LogP contribution in [0.2, 0.25) is 0 Å². The first-order valence-electron chi connectivity index (χ1n) is 3.87. The highest BCUT2D eigenvalue weighted by molar-refractivity contribution is 7.16. The highest BCUT2D eigenvalue weighted by Gasteiger charge is 2.03. The third kappa shape index (κ3) is 1.73. The Labute approximate surface area is 79.1 Å². The molecular formula is C7H9N5S. The molecule has 0 aromatic carbocycles. The predicted molar refractivity (Wildman–Crippen MR) is 50.6 cm³/mol. The third-order valence-corrected chi connectivity index (χ3v) is 2.41. The van der Waals surface area contributed by atoms with Crippen LogP contribution in [0.4, 0.5) is 0 Å². The van der Waals surface area contributed by atoms with Gasteiger partial charge >= 0.3 is 0 Å². The first-order valence-corrected chi connectivity index (χ1v) is 4.69. The van der Waals surface area contributed by atoms with Crippen molar-refractivity contribution in [1.29, 1.82) is 0 Å². The lowest BCUT2D eigenvalue weighted by atomic mass is 10.6. The maximum absolute atomic E-state index is 4.26. The molecule has 0 spiro atoms. The predicted octanol–water partition coefficient (Wildman–Crippen LogP) is 0.461. The molecular weight excluding hydrogens is 186 g/mol. The van der Waals surface area contributed by atoms with Crippen molar-refractivity contribution in [1.82, 2.24) is 25.1 Å². The third-order valence-electron chi connectivity index (χ3n) is 1.49. The van der Waals surface area contributed by atoms with E-state index in [2.05, 4.69) is 27.2 Å². The number of rotatable bonds is 4. The van der Waals surface area contributed by atoms with E-state index >= 15 is 0 Å². The fourth-order valence-corrected chi connectivity index (χ4v) is 1.74. The van der Waals surface area contributed by atoms with E-state index in [0.29, 0.717) is 0 Å². The van der Waals surface area contributed by atoms with Crippen LogP contribution in [0.3, 0.4) is 0 Å². The van der Waals surface area contributed by atoms with Crippen LogP contribution in [-0.2, 0) is 6.54 Å². The summed E-state index contributed by atoms with van der Waals surface area (Å²) in [5.74, 6) is 0. The topological polar surface area (TPSA) is 55.1 Å². The molecule has 0 atom stereocenters. The van der Waals surface area contributed by atoms with Gasteiger partial charge in [-0.2, -0.15) is 9.61 Å². The summed E-state index contributed by atoms with van der Waals surface area (Å²) < 4.78 is 1.68. The molecule has 0 bridgehead atoms. The molecule has 2 heterocycles. The van der Waals surface area contributed by atoms with Gasteiger partial charge in [0.2, 0.25) is 4.96 Å². The summed E-state index contributed by atoms with van der Waals surface area (Å²) in [5.41, 5.74) is 0. The largest absolute Gasteiger partial charge is 0.307 e. The van der Waals surface area contributed by atoms with Crippen molar-refractivity contribution in [3.63, 3.8) is 0 Å². The number of aromatic nitrogens is 4. The second-order valence-corrected chi connectivity index (χ2v) is 3.51. The number of nitrogens with zero attached hydrogens (tertiary/aromatic N) is 4. The second kappa shape index (κ2) is 3.63. The lowest BCUT2D eigenvalue weighted by Crippen LogP contribution is -2.12. The minimum absolute atomic E-state index is 0.750. The Hall–Kier alpha value is -1.27. The quantitative estimate of drug-likeness (QED) is 0.569. The van der Waals surface area contributed by atoms with Crippen molar-refractivity contribution in [2.24, 2.45) is 0 Å². The van der Waals surface area contributed by atoms with Crippen molar-refractivity contribution < 1.29 is 0 Å². The summed E-state index contributed by atoms with van der Waals surface area (Å²) >= 11 is 1.54. The zero-order valence-corrected chi connectivity index (χ0v) is 7.79. The van der Waals surface area contributed by atoms with Crippen LogP contribution < -0.4 is 5.32 Å². The molecule has 2 aromatic rings. The smallest absolute Gasteiger partial charge is 0.234 e.